The van der Waals surface area contributed by atoms with Crippen molar-refractivity contribution in [3.05, 3.63) is 39.6 Å². The highest BCUT2D eigenvalue weighted by Gasteiger charge is 2.35. The van der Waals surface area contributed by atoms with Crippen LogP contribution < -0.4 is 0 Å². The Bertz CT molecular complexity index is 556. The number of halogens is 1. The van der Waals surface area contributed by atoms with E-state index in [1.54, 1.807) is 0 Å². The van der Waals surface area contributed by atoms with Crippen molar-refractivity contribution in [1.82, 2.24) is 0 Å². The Kier molecular flexibility index (Phi) is 3.86. The molecule has 0 radical (unpaired) electrons. The van der Waals surface area contributed by atoms with Crippen molar-refractivity contribution >= 4 is 27.3 Å². The summed E-state index contributed by atoms with van der Waals surface area (Å²) in [7, 11) is 0. The van der Waals surface area contributed by atoms with Crippen LogP contribution in [0, 0.1) is 5.41 Å². The lowest BCUT2D eigenvalue weighted by atomic mass is 9.74. The largest absolute Gasteiger partial charge is 0.511 e. The number of benzene rings is 1. The summed E-state index contributed by atoms with van der Waals surface area (Å²) in [6.45, 7) is 6.03. The van der Waals surface area contributed by atoms with Gasteiger partial charge in [0.05, 0.1) is 5.57 Å². The summed E-state index contributed by atoms with van der Waals surface area (Å²) in [4.78, 5) is 12.2. The van der Waals surface area contributed by atoms with Crippen molar-refractivity contribution in [1.29, 1.82) is 0 Å². The minimum absolute atomic E-state index is 0.0459. The molecule has 0 bridgehead atoms. The fraction of sp³-hybridized carbons (Fsp3) is 0.438. The highest BCUT2D eigenvalue weighted by molar-refractivity contribution is 9.10. The first-order valence-corrected chi connectivity index (χ1v) is 7.42. The predicted molar refractivity (Wildman–Crippen MR) is 81.1 cm³/mol. The van der Waals surface area contributed by atoms with Crippen molar-refractivity contribution in [2.24, 2.45) is 5.41 Å². The van der Waals surface area contributed by atoms with Gasteiger partial charge in [0.1, 0.15) is 5.76 Å². The van der Waals surface area contributed by atoms with Crippen molar-refractivity contribution < 1.29 is 9.90 Å². The highest BCUT2D eigenvalue weighted by Crippen LogP contribution is 2.41. The van der Waals surface area contributed by atoms with E-state index in [1.165, 1.54) is 0 Å². The molecule has 0 atom stereocenters. The van der Waals surface area contributed by atoms with Crippen LogP contribution in [0.5, 0.6) is 0 Å². The van der Waals surface area contributed by atoms with Gasteiger partial charge in [-0.15, -0.1) is 0 Å². The molecule has 0 unspecified atom stereocenters. The third kappa shape index (κ3) is 2.62. The van der Waals surface area contributed by atoms with E-state index in [-0.39, 0.29) is 17.0 Å². The zero-order valence-corrected chi connectivity index (χ0v) is 13.2. The van der Waals surface area contributed by atoms with Crippen LogP contribution in [0.2, 0.25) is 0 Å². The average Bonchev–Trinajstić information content (AvgIpc) is 2.35. The smallest absolute Gasteiger partial charge is 0.166 e. The number of rotatable bonds is 2. The van der Waals surface area contributed by atoms with Gasteiger partial charge in [0, 0.05) is 16.3 Å². The van der Waals surface area contributed by atoms with Gasteiger partial charge in [0.25, 0.3) is 0 Å². The van der Waals surface area contributed by atoms with E-state index in [0.717, 1.165) is 22.0 Å². The summed E-state index contributed by atoms with van der Waals surface area (Å²) in [6.07, 6.45) is 2.05. The predicted octanol–water partition coefficient (Wildman–Crippen LogP) is 4.67. The van der Waals surface area contributed by atoms with Gasteiger partial charge in [-0.3, -0.25) is 4.79 Å². The Labute approximate surface area is 122 Å². The van der Waals surface area contributed by atoms with E-state index < -0.39 is 0 Å². The molecule has 0 aliphatic heterocycles. The van der Waals surface area contributed by atoms with Crippen LogP contribution in [-0.2, 0) is 11.2 Å². The second kappa shape index (κ2) is 5.12. The number of allylic oxidation sites excluding steroid dienone is 2. The lowest BCUT2D eigenvalue weighted by Crippen LogP contribution is -2.25. The summed E-state index contributed by atoms with van der Waals surface area (Å²) in [6, 6.07) is 5.91. The van der Waals surface area contributed by atoms with E-state index in [4.69, 9.17) is 0 Å². The minimum atomic E-state index is -0.323. The fourth-order valence-electron chi connectivity index (χ4n) is 2.51. The number of aliphatic hydroxyl groups is 1. The number of ketones is 1. The third-order valence-corrected chi connectivity index (χ3v) is 4.35. The zero-order chi connectivity index (χ0) is 14.2. The van der Waals surface area contributed by atoms with Crippen molar-refractivity contribution in [3.8, 4) is 0 Å². The summed E-state index contributed by atoms with van der Waals surface area (Å²) >= 11 is 3.44. The Balaban J connectivity index is 2.68. The van der Waals surface area contributed by atoms with Crippen LogP contribution in [0.25, 0.3) is 5.57 Å². The quantitative estimate of drug-likeness (QED) is 0.859. The van der Waals surface area contributed by atoms with Crippen LogP contribution in [0.15, 0.2) is 28.4 Å². The van der Waals surface area contributed by atoms with Gasteiger partial charge in [-0.05, 0) is 36.1 Å². The molecule has 0 fully saturated rings. The molecule has 1 aliphatic rings. The molecule has 2 nitrogen and oxygen atoms in total. The average molecular weight is 323 g/mol. The van der Waals surface area contributed by atoms with Gasteiger partial charge >= 0.3 is 0 Å². The SMILES string of the molecule is CCc1ccc(Br)cc1C1=C(O)C(C)(C)CCC1=O. The molecule has 1 N–H and O–H groups in total. The molecule has 19 heavy (non-hydrogen) atoms. The molecule has 0 spiro atoms. The first-order chi connectivity index (χ1) is 8.86. The van der Waals surface area contributed by atoms with Gasteiger partial charge < -0.3 is 5.11 Å². The summed E-state index contributed by atoms with van der Waals surface area (Å²) in [5, 5.41) is 10.5. The molecule has 1 aliphatic carbocycles. The molecule has 0 heterocycles. The standard InChI is InChI=1S/C16H19BrO2/c1-4-10-5-6-11(17)9-12(10)14-13(18)7-8-16(2,3)15(14)19/h5-6,9,19H,4,7-8H2,1-3H3. The highest BCUT2D eigenvalue weighted by atomic mass is 79.9. The van der Waals surface area contributed by atoms with Gasteiger partial charge in [-0.2, -0.15) is 0 Å². The Morgan fingerprint density at radius 2 is 2.05 bits per heavy atom. The van der Waals surface area contributed by atoms with Gasteiger partial charge in [-0.25, -0.2) is 0 Å². The maximum atomic E-state index is 12.2. The second-order valence-corrected chi connectivity index (χ2v) is 6.60. The first kappa shape index (κ1) is 14.3. The summed E-state index contributed by atoms with van der Waals surface area (Å²) in [5.41, 5.74) is 2.15. The fourth-order valence-corrected chi connectivity index (χ4v) is 2.87. The topological polar surface area (TPSA) is 37.3 Å². The minimum Gasteiger partial charge on any atom is -0.511 e. The van der Waals surface area contributed by atoms with Crippen molar-refractivity contribution in [2.45, 2.75) is 40.0 Å². The number of aliphatic hydroxyl groups excluding tert-OH is 1. The molecule has 0 saturated carbocycles. The van der Waals surface area contributed by atoms with E-state index in [0.29, 0.717) is 18.4 Å². The molecular weight excluding hydrogens is 304 g/mol. The maximum absolute atomic E-state index is 12.2. The van der Waals surface area contributed by atoms with E-state index in [1.807, 2.05) is 32.0 Å². The van der Waals surface area contributed by atoms with Crippen LogP contribution in [0.4, 0.5) is 0 Å². The van der Waals surface area contributed by atoms with Gasteiger partial charge in [0.2, 0.25) is 0 Å². The van der Waals surface area contributed by atoms with Crippen LogP contribution >= 0.6 is 15.9 Å². The molecule has 0 saturated heterocycles. The number of carbonyl (C=O) groups excluding carboxylic acids is 1. The number of aryl methyl sites for hydroxylation is 1. The van der Waals surface area contributed by atoms with Gasteiger partial charge in [0.15, 0.2) is 5.78 Å². The van der Waals surface area contributed by atoms with Crippen molar-refractivity contribution in [3.63, 3.8) is 0 Å². The molecule has 2 rings (SSSR count). The lowest BCUT2D eigenvalue weighted by Gasteiger charge is -2.31. The summed E-state index contributed by atoms with van der Waals surface area (Å²) < 4.78 is 0.927. The Morgan fingerprint density at radius 1 is 1.37 bits per heavy atom. The van der Waals surface area contributed by atoms with Crippen LogP contribution in [0.3, 0.4) is 0 Å². The number of carbonyl (C=O) groups is 1. The number of hydrogen-bond acceptors (Lipinski definition) is 2. The molecule has 0 aromatic heterocycles. The Morgan fingerprint density at radius 3 is 2.68 bits per heavy atom. The number of hydrogen-bond donors (Lipinski definition) is 1. The monoisotopic (exact) mass is 322 g/mol. The second-order valence-electron chi connectivity index (χ2n) is 5.69. The number of Topliss-reactive ketones (excluding diaryl/α,β-unsaturated/α-hetero) is 1. The normalized spacial score (nSPS) is 18.8. The lowest BCUT2D eigenvalue weighted by molar-refractivity contribution is -0.115. The zero-order valence-electron chi connectivity index (χ0n) is 11.6. The third-order valence-electron chi connectivity index (χ3n) is 3.86. The Hall–Kier alpha value is -1.09. The van der Waals surface area contributed by atoms with E-state index in [2.05, 4.69) is 22.9 Å². The summed E-state index contributed by atoms with van der Waals surface area (Å²) in [5.74, 6) is 0.279. The van der Waals surface area contributed by atoms with E-state index in [9.17, 15) is 9.90 Å². The maximum Gasteiger partial charge on any atom is 0.166 e. The first-order valence-electron chi connectivity index (χ1n) is 6.62. The van der Waals surface area contributed by atoms with E-state index >= 15 is 0 Å². The molecule has 0 amide bonds. The van der Waals surface area contributed by atoms with Crippen LogP contribution in [-0.4, -0.2) is 10.9 Å². The van der Waals surface area contributed by atoms with Crippen LogP contribution in [0.1, 0.15) is 44.7 Å². The molecular formula is C16H19BrO2. The van der Waals surface area contributed by atoms with Gasteiger partial charge in [-0.1, -0.05) is 42.8 Å². The van der Waals surface area contributed by atoms with Crippen molar-refractivity contribution in [2.75, 3.05) is 0 Å². The molecule has 1 aromatic rings. The molecule has 3 heteroatoms. The molecule has 1 aromatic carbocycles. The molecule has 102 valence electrons.